The van der Waals surface area contributed by atoms with Crippen molar-refractivity contribution >= 4 is 32.8 Å². The molecule has 0 aliphatic carbocycles. The number of rotatable bonds is 4. The molecule has 4 heterocycles. The molecule has 0 spiro atoms. The molecule has 0 aliphatic heterocycles. The van der Waals surface area contributed by atoms with Gasteiger partial charge in [-0.1, -0.05) is 123 Å². The average Bonchev–Trinajstić information content (AvgIpc) is 3.56. The Kier molecular flexibility index (Phi) is 10.6. The van der Waals surface area contributed by atoms with Crippen LogP contribution in [0, 0.1) is 32.9 Å². The van der Waals surface area contributed by atoms with Gasteiger partial charge in [0.2, 0.25) is 5.71 Å². The van der Waals surface area contributed by atoms with Crippen molar-refractivity contribution in [2.45, 2.75) is 47.0 Å². The maximum atomic E-state index is 6.18. The molecule has 55 heavy (non-hydrogen) atoms. The summed E-state index contributed by atoms with van der Waals surface area (Å²) in [6.45, 7) is 12.9. The number of benzene rings is 5. The minimum absolute atomic E-state index is 0. The predicted molar refractivity (Wildman–Crippen MR) is 223 cm³/mol. The fourth-order valence-electron chi connectivity index (χ4n) is 6.81. The number of nitrogens with zero attached hydrogens (tertiary/aromatic N) is 3. The molecule has 0 saturated carbocycles. The smallest absolute Gasteiger partial charge is 0.216 e. The second kappa shape index (κ2) is 15.5. The number of aryl methyl sites for hydroxylation is 3. The van der Waals surface area contributed by atoms with E-state index in [9.17, 15) is 0 Å². The fourth-order valence-corrected chi connectivity index (χ4v) is 6.81. The summed E-state index contributed by atoms with van der Waals surface area (Å²) in [5.74, 6) is 0. The van der Waals surface area contributed by atoms with Gasteiger partial charge in [-0.25, -0.2) is 4.98 Å². The zero-order valence-electron chi connectivity index (χ0n) is 31.9. The van der Waals surface area contributed by atoms with Crippen molar-refractivity contribution in [3.8, 4) is 44.8 Å². The van der Waals surface area contributed by atoms with E-state index in [2.05, 4.69) is 146 Å². The van der Waals surface area contributed by atoms with E-state index in [0.29, 0.717) is 5.71 Å². The van der Waals surface area contributed by atoms with E-state index in [0.717, 1.165) is 55.7 Å². The molecule has 0 N–H and O–H groups in total. The first-order chi connectivity index (χ1) is 26.1. The Morgan fingerprint density at radius 2 is 1.42 bits per heavy atom. The molecule has 9 rings (SSSR count). The van der Waals surface area contributed by atoms with E-state index in [1.54, 1.807) is 0 Å². The molecule has 0 saturated heterocycles. The average molecular weight is 892 g/mol. The molecule has 0 amide bonds. The van der Waals surface area contributed by atoms with Crippen LogP contribution in [0.5, 0.6) is 0 Å². The van der Waals surface area contributed by atoms with Crippen LogP contribution in [0.25, 0.3) is 77.6 Å². The Labute approximate surface area is 336 Å². The molecule has 0 atom stereocenters. The number of hydrogen-bond acceptors (Lipinski definition) is 4. The number of aromatic nitrogens is 3. The van der Waals surface area contributed by atoms with E-state index in [1.807, 2.05) is 62.6 Å². The molecule has 0 aliphatic rings. The Morgan fingerprint density at radius 1 is 0.636 bits per heavy atom. The Morgan fingerprint density at radius 3 is 2.20 bits per heavy atom. The van der Waals surface area contributed by atoms with Crippen molar-refractivity contribution in [2.24, 2.45) is 0 Å². The first-order valence-electron chi connectivity index (χ1n) is 18.3. The van der Waals surface area contributed by atoms with Crippen LogP contribution >= 0.6 is 0 Å². The molecule has 5 aromatic carbocycles. The summed E-state index contributed by atoms with van der Waals surface area (Å²) in [4.78, 5) is 13.7. The van der Waals surface area contributed by atoms with Gasteiger partial charge < -0.3 is 14.4 Å². The van der Waals surface area contributed by atoms with Crippen molar-refractivity contribution < 1.29 is 24.5 Å². The normalized spacial score (nSPS) is 11.3. The van der Waals surface area contributed by atoms with Crippen molar-refractivity contribution in [3.05, 3.63) is 174 Å². The third kappa shape index (κ3) is 7.91. The summed E-state index contributed by atoms with van der Waals surface area (Å²) in [5, 5.41) is 4.53. The number of hydrogen-bond donors (Lipinski definition) is 0. The van der Waals surface area contributed by atoms with E-state index in [-0.39, 0.29) is 25.5 Å². The first kappa shape index (κ1) is 37.6. The monoisotopic (exact) mass is 892 g/mol. The maximum Gasteiger partial charge on any atom is 0.216 e. The van der Waals surface area contributed by atoms with Gasteiger partial charge in [0.1, 0.15) is 0 Å². The van der Waals surface area contributed by atoms with Crippen molar-refractivity contribution in [1.29, 1.82) is 0 Å². The van der Waals surface area contributed by atoms with Gasteiger partial charge in [-0.15, -0.1) is 47.5 Å². The molecule has 0 unspecified atom stereocenters. The molecule has 273 valence electrons. The molecule has 0 bridgehead atoms. The number of pyridine rings is 3. The summed E-state index contributed by atoms with van der Waals surface area (Å²) in [6.07, 6.45) is 3.75. The minimum Gasteiger partial charge on any atom is -0.486 e. The molecule has 9 aromatic rings. The molecular formula is C50H41IrN3O-2. The van der Waals surface area contributed by atoms with E-state index in [4.69, 9.17) is 4.42 Å². The Hall–Kier alpha value is -5.74. The van der Waals surface area contributed by atoms with Crippen LogP contribution < -0.4 is 0 Å². The van der Waals surface area contributed by atoms with E-state index >= 15 is 0 Å². The van der Waals surface area contributed by atoms with Crippen LogP contribution in [0.1, 0.15) is 43.2 Å². The molecule has 4 nitrogen and oxygen atoms in total. The summed E-state index contributed by atoms with van der Waals surface area (Å²) in [7, 11) is 0. The largest absolute Gasteiger partial charge is 0.486 e. The van der Waals surface area contributed by atoms with Crippen LogP contribution in [-0.2, 0) is 25.5 Å². The van der Waals surface area contributed by atoms with Gasteiger partial charge in [0, 0.05) is 43.6 Å². The van der Waals surface area contributed by atoms with Gasteiger partial charge in [0.25, 0.3) is 0 Å². The van der Waals surface area contributed by atoms with Gasteiger partial charge in [0.05, 0.1) is 5.58 Å². The first-order valence-corrected chi connectivity index (χ1v) is 18.3. The van der Waals surface area contributed by atoms with Crippen LogP contribution in [-0.4, -0.2) is 15.0 Å². The zero-order valence-corrected chi connectivity index (χ0v) is 34.3. The fraction of sp³-hybridized carbons (Fsp3) is 0.140. The second-order valence-corrected chi connectivity index (χ2v) is 15.0. The quantitative estimate of drug-likeness (QED) is 0.165. The van der Waals surface area contributed by atoms with Crippen LogP contribution in [0.2, 0.25) is 0 Å². The predicted octanol–water partition coefficient (Wildman–Crippen LogP) is 13.1. The minimum atomic E-state index is 0. The number of fused-ring (bicyclic) bond motifs is 4. The van der Waals surface area contributed by atoms with Crippen LogP contribution in [0.15, 0.2) is 144 Å². The third-order valence-corrected chi connectivity index (χ3v) is 9.92. The molecular weight excluding hydrogens is 851 g/mol. The molecule has 1 radical (unpaired) electrons. The van der Waals surface area contributed by atoms with E-state index in [1.165, 1.54) is 38.6 Å². The van der Waals surface area contributed by atoms with Crippen molar-refractivity contribution in [2.75, 3.05) is 0 Å². The van der Waals surface area contributed by atoms with Gasteiger partial charge in [0.15, 0.2) is 0 Å². The summed E-state index contributed by atoms with van der Waals surface area (Å²) >= 11 is 0. The van der Waals surface area contributed by atoms with E-state index < -0.39 is 0 Å². The van der Waals surface area contributed by atoms with Crippen molar-refractivity contribution in [1.82, 2.24) is 15.0 Å². The molecule has 4 aromatic heterocycles. The summed E-state index contributed by atoms with van der Waals surface area (Å²) < 4.78 is 6.18. The van der Waals surface area contributed by atoms with Crippen LogP contribution in [0.3, 0.4) is 0 Å². The SMILES string of the molecule is Cc1ccc(-c2[c-]cc(C)c(-c3ccccc3)c2)nc1.Cc1ccc2c(n1)oc1c(-c3cc(-c4ccc5cc(C(C)(C)C)ccc5c4)ccn3)[c-]ccc12.[Ir]. The number of furan rings is 1. The maximum absolute atomic E-state index is 6.18. The molecule has 0 fully saturated rings. The van der Waals surface area contributed by atoms with Crippen molar-refractivity contribution in [3.63, 3.8) is 0 Å². The Balaban J connectivity index is 0.000000190. The second-order valence-electron chi connectivity index (χ2n) is 15.0. The van der Waals surface area contributed by atoms with Gasteiger partial charge in [-0.2, -0.15) is 0 Å². The Bertz CT molecular complexity index is 2780. The summed E-state index contributed by atoms with van der Waals surface area (Å²) in [5.41, 5.74) is 14.7. The topological polar surface area (TPSA) is 51.8 Å². The zero-order chi connectivity index (χ0) is 37.4. The summed E-state index contributed by atoms with van der Waals surface area (Å²) in [6, 6.07) is 51.0. The van der Waals surface area contributed by atoms with Crippen LogP contribution in [0.4, 0.5) is 0 Å². The molecule has 5 heteroatoms. The van der Waals surface area contributed by atoms with Gasteiger partial charge >= 0.3 is 0 Å². The van der Waals surface area contributed by atoms with Gasteiger partial charge in [-0.3, -0.25) is 0 Å². The standard InChI is InChI=1S/C31H25N2O.C19H16N.Ir/c1-19-8-13-26-25-6-5-7-27(29(25)34-30(26)33-19)28-18-23(14-15-32-28)20-9-10-22-17-24(31(2,3)4)12-11-21(22)16-20;1-14-8-11-19(20-13-14)17-10-9-15(2)18(12-17)16-6-4-3-5-7-16;/h5-6,8-18H,1-4H3;3-9,11-13H,1-2H3;/q2*-1;. The third-order valence-electron chi connectivity index (χ3n) is 9.92. The van der Waals surface area contributed by atoms with Gasteiger partial charge in [-0.05, 0) is 93.5 Å².